The number of tetrazole rings is 1. The van der Waals surface area contributed by atoms with E-state index < -0.39 is 0 Å². The molecular formula is C16H15N7OS2. The molecular weight excluding hydrogens is 370 g/mol. The third kappa shape index (κ3) is 3.13. The van der Waals surface area contributed by atoms with Crippen molar-refractivity contribution in [1.82, 2.24) is 34.8 Å². The molecule has 0 atom stereocenters. The molecule has 0 radical (unpaired) electrons. The Balaban J connectivity index is 1.60. The van der Waals surface area contributed by atoms with E-state index in [2.05, 4.69) is 39.5 Å². The molecule has 3 heterocycles. The van der Waals surface area contributed by atoms with Crippen molar-refractivity contribution in [2.24, 2.45) is 0 Å². The molecule has 10 heteroatoms. The molecule has 0 unspecified atom stereocenters. The summed E-state index contributed by atoms with van der Waals surface area (Å²) >= 11 is 2.83. The molecule has 0 N–H and O–H groups in total. The van der Waals surface area contributed by atoms with Crippen molar-refractivity contribution in [2.45, 2.75) is 31.7 Å². The molecule has 0 spiro atoms. The lowest BCUT2D eigenvalue weighted by Crippen LogP contribution is -2.15. The second kappa shape index (κ2) is 6.61. The third-order valence-corrected chi connectivity index (χ3v) is 5.70. The number of nitrogens with zero attached hydrogens (tertiary/aromatic N) is 7. The number of hydrogen-bond donors (Lipinski definition) is 0. The van der Waals surface area contributed by atoms with Gasteiger partial charge in [0.2, 0.25) is 10.1 Å². The van der Waals surface area contributed by atoms with Crippen molar-refractivity contribution >= 4 is 28.1 Å². The van der Waals surface area contributed by atoms with Crippen molar-refractivity contribution < 1.29 is 0 Å². The van der Waals surface area contributed by atoms with Gasteiger partial charge in [0.1, 0.15) is 5.01 Å². The second-order valence-electron chi connectivity index (χ2n) is 5.83. The van der Waals surface area contributed by atoms with Crippen LogP contribution < -0.4 is 5.56 Å². The number of aryl methyl sites for hydroxylation is 3. The molecule has 3 aromatic heterocycles. The number of fused-ring (bicyclic) bond motifs is 1. The highest BCUT2D eigenvalue weighted by Crippen LogP contribution is 2.23. The number of benzene rings is 1. The van der Waals surface area contributed by atoms with Gasteiger partial charge in [0.25, 0.3) is 5.56 Å². The molecule has 132 valence electrons. The van der Waals surface area contributed by atoms with Gasteiger partial charge in [0.05, 0.1) is 11.4 Å². The van der Waals surface area contributed by atoms with E-state index in [9.17, 15) is 4.79 Å². The standard InChI is InChI=1S/C16H15N7OS2/c1-9-4-5-13(6-10(9)2)22-16(18-20-21-22)25-8-12-7-14(24)23-15(17-12)26-11(3)19-23/h4-7H,8H2,1-3H3. The van der Waals surface area contributed by atoms with Gasteiger partial charge >= 0.3 is 0 Å². The minimum Gasteiger partial charge on any atom is -0.267 e. The smallest absolute Gasteiger partial charge is 0.267 e. The first kappa shape index (κ1) is 16.9. The lowest BCUT2D eigenvalue weighted by Gasteiger charge is -2.06. The van der Waals surface area contributed by atoms with Crippen molar-refractivity contribution in [3.63, 3.8) is 0 Å². The van der Waals surface area contributed by atoms with Crippen molar-refractivity contribution in [2.75, 3.05) is 0 Å². The molecule has 0 bridgehead atoms. The fraction of sp³-hybridized carbons (Fsp3) is 0.250. The summed E-state index contributed by atoms with van der Waals surface area (Å²) in [5, 5.41) is 17.6. The topological polar surface area (TPSA) is 90.9 Å². The van der Waals surface area contributed by atoms with Crippen LogP contribution in [-0.2, 0) is 5.75 Å². The van der Waals surface area contributed by atoms with E-state index in [1.54, 1.807) is 4.68 Å². The number of rotatable bonds is 4. The second-order valence-corrected chi connectivity index (χ2v) is 7.93. The van der Waals surface area contributed by atoms with E-state index in [4.69, 9.17) is 0 Å². The fourth-order valence-electron chi connectivity index (χ4n) is 2.45. The summed E-state index contributed by atoms with van der Waals surface area (Å²) in [5.74, 6) is 0.494. The van der Waals surface area contributed by atoms with Crippen LogP contribution in [0.3, 0.4) is 0 Å². The van der Waals surface area contributed by atoms with Gasteiger partial charge in [0.15, 0.2) is 0 Å². The molecule has 4 rings (SSSR count). The number of aromatic nitrogens is 7. The molecule has 0 amide bonds. The Morgan fingerprint density at radius 1 is 1.15 bits per heavy atom. The zero-order valence-corrected chi connectivity index (χ0v) is 16.0. The molecule has 0 aliphatic carbocycles. The van der Waals surface area contributed by atoms with Gasteiger partial charge < -0.3 is 0 Å². The van der Waals surface area contributed by atoms with Crippen LogP contribution in [0.5, 0.6) is 0 Å². The molecule has 26 heavy (non-hydrogen) atoms. The highest BCUT2D eigenvalue weighted by molar-refractivity contribution is 7.98. The molecule has 0 saturated carbocycles. The maximum Gasteiger partial charge on any atom is 0.275 e. The summed E-state index contributed by atoms with van der Waals surface area (Å²) in [6.07, 6.45) is 0. The van der Waals surface area contributed by atoms with Crippen LogP contribution in [0.2, 0.25) is 0 Å². The van der Waals surface area contributed by atoms with Crippen LogP contribution >= 0.6 is 23.1 Å². The Morgan fingerprint density at radius 3 is 2.81 bits per heavy atom. The predicted octanol–water partition coefficient (Wildman–Crippen LogP) is 2.34. The Bertz CT molecular complexity index is 1160. The Morgan fingerprint density at radius 2 is 2.00 bits per heavy atom. The van der Waals surface area contributed by atoms with Gasteiger partial charge in [-0.2, -0.15) is 14.3 Å². The lowest BCUT2D eigenvalue weighted by atomic mass is 10.1. The minimum absolute atomic E-state index is 0.177. The molecule has 0 fully saturated rings. The van der Waals surface area contributed by atoms with Crippen LogP contribution in [0.25, 0.3) is 10.6 Å². The van der Waals surface area contributed by atoms with Gasteiger partial charge in [-0.05, 0) is 54.5 Å². The summed E-state index contributed by atoms with van der Waals surface area (Å²) in [5.41, 5.74) is 3.80. The molecule has 0 aliphatic heterocycles. The monoisotopic (exact) mass is 385 g/mol. The molecule has 8 nitrogen and oxygen atoms in total. The summed E-state index contributed by atoms with van der Waals surface area (Å²) in [6.45, 7) is 5.97. The van der Waals surface area contributed by atoms with E-state index in [1.165, 1.54) is 44.8 Å². The Hall–Kier alpha value is -2.59. The van der Waals surface area contributed by atoms with Crippen LogP contribution in [-0.4, -0.2) is 34.8 Å². The van der Waals surface area contributed by atoms with Crippen LogP contribution in [0.15, 0.2) is 34.2 Å². The van der Waals surface area contributed by atoms with E-state index in [0.29, 0.717) is 21.6 Å². The molecule has 0 aliphatic rings. The maximum absolute atomic E-state index is 12.1. The first-order chi connectivity index (χ1) is 12.5. The Kier molecular flexibility index (Phi) is 4.29. The van der Waals surface area contributed by atoms with Gasteiger partial charge in [-0.25, -0.2) is 4.98 Å². The van der Waals surface area contributed by atoms with Crippen molar-refractivity contribution in [1.29, 1.82) is 0 Å². The van der Waals surface area contributed by atoms with E-state index in [1.807, 2.05) is 25.1 Å². The highest BCUT2D eigenvalue weighted by atomic mass is 32.2. The van der Waals surface area contributed by atoms with Gasteiger partial charge in [0, 0.05) is 11.8 Å². The van der Waals surface area contributed by atoms with Gasteiger partial charge in [-0.15, -0.1) is 5.10 Å². The average Bonchev–Trinajstić information content (AvgIpc) is 3.21. The first-order valence-electron chi connectivity index (χ1n) is 7.86. The van der Waals surface area contributed by atoms with Crippen LogP contribution in [0.1, 0.15) is 21.8 Å². The summed E-state index contributed by atoms with van der Waals surface area (Å²) in [7, 11) is 0. The normalized spacial score (nSPS) is 11.3. The fourth-order valence-corrected chi connectivity index (χ4v) is 4.00. The predicted molar refractivity (Wildman–Crippen MR) is 100 cm³/mol. The molecule has 1 aromatic carbocycles. The number of thioether (sulfide) groups is 1. The largest absolute Gasteiger partial charge is 0.275 e. The average molecular weight is 385 g/mol. The maximum atomic E-state index is 12.1. The van der Waals surface area contributed by atoms with E-state index >= 15 is 0 Å². The van der Waals surface area contributed by atoms with Crippen molar-refractivity contribution in [3.05, 3.63) is 56.4 Å². The van der Waals surface area contributed by atoms with Gasteiger partial charge in [-0.3, -0.25) is 4.79 Å². The highest BCUT2D eigenvalue weighted by Gasteiger charge is 2.12. The SMILES string of the molecule is Cc1nn2c(=O)cc(CSc3nnnn3-c3ccc(C)c(C)c3)nc2s1. The number of hydrogen-bond acceptors (Lipinski definition) is 8. The lowest BCUT2D eigenvalue weighted by molar-refractivity contribution is 0.755. The van der Waals surface area contributed by atoms with Crippen LogP contribution in [0, 0.1) is 20.8 Å². The Labute approximate surface area is 156 Å². The third-order valence-electron chi connectivity index (χ3n) is 3.92. The summed E-state index contributed by atoms with van der Waals surface area (Å²) in [4.78, 5) is 17.2. The summed E-state index contributed by atoms with van der Waals surface area (Å²) in [6, 6.07) is 7.58. The quantitative estimate of drug-likeness (QED) is 0.498. The molecule has 4 aromatic rings. The van der Waals surface area contributed by atoms with Crippen molar-refractivity contribution in [3.8, 4) is 5.69 Å². The summed E-state index contributed by atoms with van der Waals surface area (Å²) < 4.78 is 3.02. The van der Waals surface area contributed by atoms with Crippen LogP contribution in [0.4, 0.5) is 0 Å². The van der Waals surface area contributed by atoms with E-state index in [0.717, 1.165) is 10.7 Å². The first-order valence-corrected chi connectivity index (χ1v) is 9.67. The zero-order chi connectivity index (χ0) is 18.3. The van der Waals surface area contributed by atoms with Gasteiger partial charge in [-0.1, -0.05) is 29.2 Å². The minimum atomic E-state index is -0.177. The van der Waals surface area contributed by atoms with E-state index in [-0.39, 0.29) is 5.56 Å². The zero-order valence-electron chi connectivity index (χ0n) is 14.4. The molecule has 0 saturated heterocycles.